The van der Waals surface area contributed by atoms with E-state index >= 15 is 0 Å². The first-order valence-electron chi connectivity index (χ1n) is 6.99. The molecule has 21 heavy (non-hydrogen) atoms. The van der Waals surface area contributed by atoms with Gasteiger partial charge in [0.25, 0.3) is 14.2 Å². The molecule has 1 heterocycles. The fourth-order valence-electron chi connectivity index (χ4n) is 3.45. The second kappa shape index (κ2) is 4.55. The van der Waals surface area contributed by atoms with Crippen molar-refractivity contribution in [3.63, 3.8) is 0 Å². The number of hydrogen-bond donors (Lipinski definition) is 0. The first-order chi connectivity index (χ1) is 10.0. The first-order valence-corrected chi connectivity index (χ1v) is 9.30. The average molecular weight is 324 g/mol. The minimum atomic E-state index is -3.93. The second-order valence-corrected chi connectivity index (χ2v) is 8.33. The van der Waals surface area contributed by atoms with Crippen molar-refractivity contribution in [2.24, 2.45) is 11.8 Å². The number of nitrogens with zero attached hydrogens (tertiary/aromatic N) is 3. The van der Waals surface area contributed by atoms with Gasteiger partial charge >= 0.3 is 0 Å². The van der Waals surface area contributed by atoms with Crippen LogP contribution in [-0.4, -0.2) is 23.2 Å². The van der Waals surface area contributed by atoms with E-state index in [1.165, 1.54) is 6.42 Å². The summed E-state index contributed by atoms with van der Waals surface area (Å²) in [6.45, 7) is 0. The van der Waals surface area contributed by atoms with E-state index in [2.05, 4.69) is 10.2 Å². The smallest absolute Gasteiger partial charge is 0.269 e. The number of rotatable bonds is 3. The van der Waals surface area contributed by atoms with Crippen LogP contribution in [-0.2, 0) is 9.05 Å². The largest absolute Gasteiger partial charge is 0.297 e. The number of hydrogen-bond acceptors (Lipinski definition) is 4. The Morgan fingerprint density at radius 2 is 1.71 bits per heavy atom. The number of benzene rings is 1. The lowest BCUT2D eigenvalue weighted by Crippen LogP contribution is -2.10. The van der Waals surface area contributed by atoms with Crippen LogP contribution in [0.15, 0.2) is 35.5 Å². The van der Waals surface area contributed by atoms with Crippen LogP contribution in [0.25, 0.3) is 5.69 Å². The van der Waals surface area contributed by atoms with E-state index in [1.54, 1.807) is 4.57 Å². The van der Waals surface area contributed by atoms with Gasteiger partial charge in [-0.1, -0.05) is 18.2 Å². The number of para-hydroxylation sites is 1. The molecule has 2 aromatic rings. The second-order valence-electron chi connectivity index (χ2n) is 5.87. The van der Waals surface area contributed by atoms with E-state index in [0.717, 1.165) is 30.4 Å². The maximum Gasteiger partial charge on any atom is 0.297 e. The van der Waals surface area contributed by atoms with E-state index in [0.29, 0.717) is 5.82 Å². The Morgan fingerprint density at radius 1 is 1.05 bits per heavy atom. The number of fused-ring (bicyclic) bond motifs is 1. The number of halogens is 1. The Bertz CT molecular complexity index is 778. The fraction of sp³-hybridized carbons (Fsp3) is 0.429. The lowest BCUT2D eigenvalue weighted by molar-refractivity contribution is 0.570. The van der Waals surface area contributed by atoms with Gasteiger partial charge in [-0.15, -0.1) is 10.2 Å². The third-order valence-corrected chi connectivity index (χ3v) is 5.61. The predicted molar refractivity (Wildman–Crippen MR) is 78.0 cm³/mol. The lowest BCUT2D eigenvalue weighted by Gasteiger charge is -2.14. The molecule has 0 saturated heterocycles. The molecule has 0 N–H and O–H groups in total. The summed E-state index contributed by atoms with van der Waals surface area (Å²) >= 11 is 0. The molecular weight excluding hydrogens is 310 g/mol. The molecule has 1 aromatic carbocycles. The van der Waals surface area contributed by atoms with Gasteiger partial charge in [-0.3, -0.25) is 4.57 Å². The first kappa shape index (κ1) is 13.3. The number of aromatic nitrogens is 3. The van der Waals surface area contributed by atoms with Crippen molar-refractivity contribution >= 4 is 19.7 Å². The van der Waals surface area contributed by atoms with Gasteiger partial charge in [-0.05, 0) is 43.2 Å². The summed E-state index contributed by atoms with van der Waals surface area (Å²) < 4.78 is 25.1. The minimum absolute atomic E-state index is 0.189. The van der Waals surface area contributed by atoms with Crippen LogP contribution in [0, 0.1) is 11.8 Å². The molecular formula is C14H14ClN3O2S. The molecule has 5 nitrogen and oxygen atoms in total. The summed E-state index contributed by atoms with van der Waals surface area (Å²) in [6, 6.07) is 9.28. The van der Waals surface area contributed by atoms with Crippen molar-refractivity contribution in [1.82, 2.24) is 14.8 Å². The average Bonchev–Trinajstić information content (AvgIpc) is 2.91. The molecule has 0 bridgehead atoms. The molecule has 2 fully saturated rings. The van der Waals surface area contributed by atoms with E-state index in [9.17, 15) is 8.42 Å². The summed E-state index contributed by atoms with van der Waals surface area (Å²) in [7, 11) is 1.59. The van der Waals surface area contributed by atoms with Crippen molar-refractivity contribution in [2.75, 3.05) is 0 Å². The summed E-state index contributed by atoms with van der Waals surface area (Å²) in [5, 5.41) is 7.80. The van der Waals surface area contributed by atoms with Gasteiger partial charge in [-0.2, -0.15) is 0 Å². The molecule has 2 saturated carbocycles. The normalized spacial score (nSPS) is 27.6. The van der Waals surface area contributed by atoms with Crippen LogP contribution in [0.2, 0.25) is 0 Å². The van der Waals surface area contributed by atoms with E-state index < -0.39 is 9.05 Å². The molecule has 2 aliphatic carbocycles. The third kappa shape index (κ3) is 2.26. The van der Waals surface area contributed by atoms with Gasteiger partial charge in [0.05, 0.1) is 0 Å². The van der Waals surface area contributed by atoms with Gasteiger partial charge in [-0.25, -0.2) is 8.42 Å². The van der Waals surface area contributed by atoms with E-state index in [4.69, 9.17) is 10.7 Å². The fourth-order valence-corrected chi connectivity index (χ4v) is 4.30. The molecule has 7 heteroatoms. The van der Waals surface area contributed by atoms with E-state index in [1.807, 2.05) is 30.3 Å². The van der Waals surface area contributed by atoms with Crippen LogP contribution in [0.5, 0.6) is 0 Å². The molecule has 0 aliphatic heterocycles. The monoisotopic (exact) mass is 323 g/mol. The highest BCUT2D eigenvalue weighted by molar-refractivity contribution is 8.13. The van der Waals surface area contributed by atoms with Crippen molar-refractivity contribution in [3.05, 3.63) is 36.2 Å². The van der Waals surface area contributed by atoms with Crippen LogP contribution in [0.4, 0.5) is 0 Å². The molecule has 2 unspecified atom stereocenters. The Labute approximate surface area is 127 Å². The van der Waals surface area contributed by atoms with Gasteiger partial charge in [0, 0.05) is 22.3 Å². The molecule has 0 amide bonds. The summed E-state index contributed by atoms with van der Waals surface area (Å²) in [5.41, 5.74) is 0.734. The third-order valence-electron chi connectivity index (χ3n) is 4.50. The van der Waals surface area contributed by atoms with Gasteiger partial charge in [0.2, 0.25) is 0 Å². The molecule has 2 aliphatic rings. The molecule has 110 valence electrons. The molecule has 0 spiro atoms. The van der Waals surface area contributed by atoms with Crippen LogP contribution in [0.1, 0.15) is 31.0 Å². The standard InChI is InChI=1S/C14H14ClN3O2S/c15-21(19,20)14-17-16-13(11-7-9-6-10(9)8-11)18(14)12-4-2-1-3-5-12/h1-5,9-11H,6-8H2. The molecule has 0 radical (unpaired) electrons. The van der Waals surface area contributed by atoms with Gasteiger partial charge in [0.1, 0.15) is 5.82 Å². The van der Waals surface area contributed by atoms with Crippen LogP contribution >= 0.6 is 10.7 Å². The Balaban J connectivity index is 1.86. The van der Waals surface area contributed by atoms with Crippen LogP contribution < -0.4 is 0 Å². The SMILES string of the molecule is O=S(=O)(Cl)c1nnc(C2CC3CC3C2)n1-c1ccccc1. The van der Waals surface area contributed by atoms with Gasteiger partial charge in [0.15, 0.2) is 0 Å². The van der Waals surface area contributed by atoms with E-state index in [-0.39, 0.29) is 11.1 Å². The van der Waals surface area contributed by atoms with Crippen LogP contribution in [0.3, 0.4) is 0 Å². The Kier molecular flexibility index (Phi) is 2.87. The minimum Gasteiger partial charge on any atom is -0.269 e. The Morgan fingerprint density at radius 3 is 2.33 bits per heavy atom. The maximum absolute atomic E-state index is 11.8. The zero-order chi connectivity index (χ0) is 14.6. The summed E-state index contributed by atoms with van der Waals surface area (Å²) in [5.74, 6) is 2.56. The highest BCUT2D eigenvalue weighted by Crippen LogP contribution is 2.57. The van der Waals surface area contributed by atoms with Crippen molar-refractivity contribution in [2.45, 2.75) is 30.3 Å². The van der Waals surface area contributed by atoms with Gasteiger partial charge < -0.3 is 0 Å². The van der Waals surface area contributed by atoms with Crippen molar-refractivity contribution < 1.29 is 8.42 Å². The molecule has 4 rings (SSSR count). The highest BCUT2D eigenvalue weighted by Gasteiger charge is 2.48. The van der Waals surface area contributed by atoms with Crippen molar-refractivity contribution in [3.8, 4) is 5.69 Å². The maximum atomic E-state index is 11.8. The quantitative estimate of drug-likeness (QED) is 0.815. The zero-order valence-corrected chi connectivity index (χ0v) is 12.8. The molecule has 2 atom stereocenters. The highest BCUT2D eigenvalue weighted by atomic mass is 35.7. The Hall–Kier alpha value is -1.40. The molecule has 1 aromatic heterocycles. The predicted octanol–water partition coefficient (Wildman–Crippen LogP) is 2.71. The van der Waals surface area contributed by atoms with Crippen molar-refractivity contribution in [1.29, 1.82) is 0 Å². The topological polar surface area (TPSA) is 64.8 Å². The summed E-state index contributed by atoms with van der Waals surface area (Å²) in [6.07, 6.45) is 3.44. The summed E-state index contributed by atoms with van der Waals surface area (Å²) in [4.78, 5) is 0. The zero-order valence-electron chi connectivity index (χ0n) is 11.2. The lowest BCUT2D eigenvalue weighted by atomic mass is 10.0.